The van der Waals surface area contributed by atoms with Crippen LogP contribution in [0.1, 0.15) is 20.8 Å². The third-order valence-electron chi connectivity index (χ3n) is 4.26. The number of hydrogen-bond donors (Lipinski definition) is 0. The molecule has 0 unspecified atom stereocenters. The van der Waals surface area contributed by atoms with Crippen molar-refractivity contribution in [3.63, 3.8) is 0 Å². The Hall–Kier alpha value is -1.14. The molecule has 0 N–H and O–H groups in total. The number of benzene rings is 1. The summed E-state index contributed by atoms with van der Waals surface area (Å²) in [5.41, 5.74) is 0.736. The third-order valence-corrected chi connectivity index (χ3v) is 9.11. The fourth-order valence-electron chi connectivity index (χ4n) is 1.94. The van der Waals surface area contributed by atoms with Crippen molar-refractivity contribution >= 4 is 35.2 Å². The zero-order chi connectivity index (χ0) is 15.4. The van der Waals surface area contributed by atoms with Gasteiger partial charge in [-0.05, 0) is 40.1 Å². The van der Waals surface area contributed by atoms with E-state index < -0.39 is 8.32 Å². The molecule has 2 heterocycles. The quantitative estimate of drug-likeness (QED) is 0.671. The molecule has 0 bridgehead atoms. The van der Waals surface area contributed by atoms with E-state index in [1.54, 1.807) is 0 Å². The van der Waals surface area contributed by atoms with Gasteiger partial charge in [-0.15, -0.1) is 0 Å². The second kappa shape index (κ2) is 4.68. The maximum absolute atomic E-state index is 6.41. The highest BCUT2D eigenvalue weighted by Crippen LogP contribution is 2.47. The lowest BCUT2D eigenvalue weighted by molar-refractivity contribution is 0.174. The fraction of sp³-hybridized carbons (Fsp3) is 0.467. The van der Waals surface area contributed by atoms with E-state index in [0.29, 0.717) is 10.4 Å². The smallest absolute Gasteiger partial charge is 0.250 e. The summed E-state index contributed by atoms with van der Waals surface area (Å²) in [6, 6.07) is 3.77. The van der Waals surface area contributed by atoms with Crippen LogP contribution in [-0.4, -0.2) is 15.1 Å². The zero-order valence-corrected chi connectivity index (χ0v) is 15.5. The maximum Gasteiger partial charge on any atom is 0.250 e. The van der Waals surface area contributed by atoms with Gasteiger partial charge >= 0.3 is 0 Å². The molecule has 0 aliphatic carbocycles. The van der Waals surface area contributed by atoms with Crippen LogP contribution in [0.25, 0.3) is 11.0 Å². The summed E-state index contributed by atoms with van der Waals surface area (Å²) in [5, 5.41) is 1.03. The molecule has 0 saturated carbocycles. The number of fused-ring (bicyclic) bond motifs is 2. The molecule has 1 aromatic heterocycles. The van der Waals surface area contributed by atoms with E-state index in [-0.39, 0.29) is 11.8 Å². The molecule has 114 valence electrons. The molecule has 0 atom stereocenters. The molecular weight excluding hydrogens is 352 g/mol. The van der Waals surface area contributed by atoms with Crippen molar-refractivity contribution in [2.75, 3.05) is 6.79 Å². The van der Waals surface area contributed by atoms with Gasteiger partial charge in [0, 0.05) is 6.07 Å². The first-order valence-electron chi connectivity index (χ1n) is 6.90. The number of ether oxygens (including phenoxy) is 2. The number of hydrogen-bond acceptors (Lipinski definition) is 4. The Balaban J connectivity index is 2.08. The van der Waals surface area contributed by atoms with Crippen molar-refractivity contribution in [3.05, 3.63) is 16.8 Å². The van der Waals surface area contributed by atoms with Gasteiger partial charge in [0.15, 0.2) is 17.2 Å². The summed E-state index contributed by atoms with van der Waals surface area (Å²) in [4.78, 5) is 0. The first kappa shape index (κ1) is 14.8. The van der Waals surface area contributed by atoms with E-state index in [4.69, 9.17) is 18.3 Å². The molecule has 0 saturated heterocycles. The van der Waals surface area contributed by atoms with Crippen LogP contribution in [0.3, 0.4) is 0 Å². The Morgan fingerprint density at radius 3 is 2.38 bits per heavy atom. The fourth-order valence-corrected chi connectivity index (χ4v) is 3.57. The minimum atomic E-state index is -1.95. The van der Waals surface area contributed by atoms with Crippen molar-refractivity contribution in [2.45, 2.75) is 38.9 Å². The average Bonchev–Trinajstić information content (AvgIpc) is 2.90. The standard InChI is InChI=1S/C15H19BrO4Si/c1-15(2,3)21(4,5)20-13-9-6-11-12(18-8-17-11)7-10(9)19-14(13)16/h6-7H,8H2,1-5H3. The van der Waals surface area contributed by atoms with Gasteiger partial charge in [-0.25, -0.2) is 0 Å². The van der Waals surface area contributed by atoms with Crippen LogP contribution in [-0.2, 0) is 0 Å². The number of rotatable bonds is 2. The maximum atomic E-state index is 6.41. The molecule has 0 radical (unpaired) electrons. The summed E-state index contributed by atoms with van der Waals surface area (Å²) in [6.45, 7) is 11.3. The van der Waals surface area contributed by atoms with Gasteiger partial charge in [-0.2, -0.15) is 0 Å². The molecule has 3 rings (SSSR count). The number of furan rings is 1. The minimum absolute atomic E-state index is 0.117. The van der Waals surface area contributed by atoms with Crippen LogP contribution >= 0.6 is 15.9 Å². The lowest BCUT2D eigenvalue weighted by atomic mass is 10.2. The van der Waals surface area contributed by atoms with Crippen LogP contribution in [0.2, 0.25) is 18.1 Å². The van der Waals surface area contributed by atoms with Crippen molar-refractivity contribution in [2.24, 2.45) is 0 Å². The van der Waals surface area contributed by atoms with Gasteiger partial charge in [-0.1, -0.05) is 20.8 Å². The zero-order valence-electron chi connectivity index (χ0n) is 12.9. The minimum Gasteiger partial charge on any atom is -0.540 e. The molecule has 21 heavy (non-hydrogen) atoms. The highest BCUT2D eigenvalue weighted by atomic mass is 79.9. The Bertz CT molecular complexity index is 700. The lowest BCUT2D eigenvalue weighted by Gasteiger charge is -2.36. The Kier molecular flexibility index (Phi) is 3.29. The van der Waals surface area contributed by atoms with E-state index in [0.717, 1.165) is 22.5 Å². The predicted octanol–water partition coefficient (Wildman–Crippen LogP) is 5.31. The van der Waals surface area contributed by atoms with E-state index >= 15 is 0 Å². The molecular formula is C15H19BrO4Si. The first-order valence-corrected chi connectivity index (χ1v) is 10.6. The molecule has 1 aromatic carbocycles. The Morgan fingerprint density at radius 2 is 1.76 bits per heavy atom. The van der Waals surface area contributed by atoms with Crippen molar-refractivity contribution < 1.29 is 18.3 Å². The van der Waals surface area contributed by atoms with Crippen molar-refractivity contribution in [1.29, 1.82) is 0 Å². The molecule has 2 aromatic rings. The van der Waals surface area contributed by atoms with Crippen molar-refractivity contribution in [1.82, 2.24) is 0 Å². The van der Waals surface area contributed by atoms with Gasteiger partial charge in [0.25, 0.3) is 8.32 Å². The molecule has 0 fully saturated rings. The highest BCUT2D eigenvalue weighted by Gasteiger charge is 2.40. The van der Waals surface area contributed by atoms with Crippen LogP contribution in [0.15, 0.2) is 21.2 Å². The highest BCUT2D eigenvalue weighted by molar-refractivity contribution is 9.10. The monoisotopic (exact) mass is 370 g/mol. The van der Waals surface area contributed by atoms with Crippen LogP contribution in [0.4, 0.5) is 0 Å². The first-order chi connectivity index (χ1) is 9.69. The van der Waals surface area contributed by atoms with E-state index in [1.807, 2.05) is 12.1 Å². The van der Waals surface area contributed by atoms with Gasteiger partial charge < -0.3 is 18.3 Å². The summed E-state index contributed by atoms with van der Waals surface area (Å²) < 4.78 is 23.6. The van der Waals surface area contributed by atoms with Crippen LogP contribution < -0.4 is 13.9 Å². The molecule has 6 heteroatoms. The summed E-state index contributed by atoms with van der Waals surface area (Å²) in [5.74, 6) is 2.20. The third kappa shape index (κ3) is 2.44. The van der Waals surface area contributed by atoms with E-state index in [2.05, 4.69) is 49.8 Å². The summed E-state index contributed by atoms with van der Waals surface area (Å²) in [7, 11) is -1.95. The average molecular weight is 371 g/mol. The predicted molar refractivity (Wildman–Crippen MR) is 87.9 cm³/mol. The van der Waals surface area contributed by atoms with Crippen LogP contribution in [0.5, 0.6) is 17.2 Å². The Labute approximate surface area is 133 Å². The normalized spacial score (nSPS) is 14.8. The summed E-state index contributed by atoms with van der Waals surface area (Å²) >= 11 is 3.47. The van der Waals surface area contributed by atoms with Gasteiger partial charge in [0.05, 0.1) is 5.39 Å². The van der Waals surface area contributed by atoms with E-state index in [9.17, 15) is 0 Å². The second-order valence-corrected chi connectivity index (χ2v) is 12.2. The molecule has 1 aliphatic rings. The SMILES string of the molecule is CC(C)(C)[Si](C)(C)Oc1c(Br)oc2cc3c(cc12)OCO3. The van der Waals surface area contributed by atoms with Gasteiger partial charge in [0.1, 0.15) is 5.58 Å². The molecule has 0 spiro atoms. The van der Waals surface area contributed by atoms with Crippen molar-refractivity contribution in [3.8, 4) is 17.2 Å². The Morgan fingerprint density at radius 1 is 1.14 bits per heavy atom. The summed E-state index contributed by atoms with van der Waals surface area (Å²) in [6.07, 6.45) is 0. The second-order valence-electron chi connectivity index (χ2n) is 6.77. The van der Waals surface area contributed by atoms with Crippen LogP contribution in [0, 0.1) is 0 Å². The van der Waals surface area contributed by atoms with Gasteiger partial charge in [-0.3, -0.25) is 0 Å². The molecule has 0 amide bonds. The topological polar surface area (TPSA) is 40.8 Å². The van der Waals surface area contributed by atoms with Gasteiger partial charge in [0.2, 0.25) is 11.5 Å². The largest absolute Gasteiger partial charge is 0.540 e. The van der Waals surface area contributed by atoms with E-state index in [1.165, 1.54) is 0 Å². The lowest BCUT2D eigenvalue weighted by Crippen LogP contribution is -2.43. The number of halogens is 1. The molecule has 4 nitrogen and oxygen atoms in total. The molecule has 1 aliphatic heterocycles.